The van der Waals surface area contributed by atoms with Gasteiger partial charge < -0.3 is 24.8 Å². The van der Waals surface area contributed by atoms with Crippen LogP contribution in [0.1, 0.15) is 56.7 Å². The van der Waals surface area contributed by atoms with Crippen LogP contribution in [-0.4, -0.2) is 84.2 Å². The van der Waals surface area contributed by atoms with E-state index in [1.807, 2.05) is 69.0 Å². The highest BCUT2D eigenvalue weighted by Gasteiger charge is 2.33. The third-order valence-electron chi connectivity index (χ3n) is 9.70. The van der Waals surface area contributed by atoms with Crippen molar-refractivity contribution in [1.82, 2.24) is 25.1 Å². The van der Waals surface area contributed by atoms with Crippen molar-refractivity contribution in [2.24, 2.45) is 7.05 Å². The van der Waals surface area contributed by atoms with Crippen LogP contribution in [0, 0.1) is 0 Å². The van der Waals surface area contributed by atoms with Crippen molar-refractivity contribution in [2.45, 2.75) is 57.5 Å². The number of halogens is 1. The summed E-state index contributed by atoms with van der Waals surface area (Å²) in [5.74, 6) is 0.342. The van der Waals surface area contributed by atoms with Gasteiger partial charge in [0.05, 0.1) is 29.9 Å². The van der Waals surface area contributed by atoms with Crippen LogP contribution in [0.5, 0.6) is 0 Å². The third-order valence-corrected chi connectivity index (χ3v) is 9.98. The highest BCUT2D eigenvalue weighted by molar-refractivity contribution is 6.32. The average Bonchev–Trinajstić information content (AvgIpc) is 3.43. The SMILES string of the molecule is CCO/C(C=O)=C/c1cc(Nc2nc(N(C)C3CCN(c4ccc5c(C6CCC(=O)NC6=O)nn(C)c5c4)C(C)C3)ncc2Cl)ccc1N(C)C. The molecule has 51 heavy (non-hydrogen) atoms. The van der Waals surface area contributed by atoms with Crippen LogP contribution in [0.15, 0.2) is 48.4 Å². The molecule has 2 aromatic carbocycles. The smallest absolute Gasteiger partial charge is 0.235 e. The van der Waals surface area contributed by atoms with Gasteiger partial charge in [0.25, 0.3) is 0 Å². The number of amides is 2. The largest absolute Gasteiger partial charge is 0.490 e. The molecule has 6 rings (SSSR count). The van der Waals surface area contributed by atoms with E-state index in [9.17, 15) is 14.4 Å². The van der Waals surface area contributed by atoms with Gasteiger partial charge in [0.1, 0.15) is 5.02 Å². The summed E-state index contributed by atoms with van der Waals surface area (Å²) in [7, 11) is 7.79. The van der Waals surface area contributed by atoms with Crippen molar-refractivity contribution in [1.29, 1.82) is 0 Å². The van der Waals surface area contributed by atoms with Crippen LogP contribution in [0.25, 0.3) is 17.0 Å². The molecule has 2 aromatic heterocycles. The number of benzene rings is 2. The van der Waals surface area contributed by atoms with Crippen LogP contribution in [-0.2, 0) is 26.2 Å². The van der Waals surface area contributed by atoms with Gasteiger partial charge in [-0.15, -0.1) is 0 Å². The molecule has 0 radical (unpaired) electrons. The Morgan fingerprint density at radius 3 is 2.67 bits per heavy atom. The first-order valence-electron chi connectivity index (χ1n) is 17.2. The zero-order chi connectivity index (χ0) is 36.4. The Balaban J connectivity index is 1.16. The summed E-state index contributed by atoms with van der Waals surface area (Å²) in [6.45, 7) is 5.28. The van der Waals surface area contributed by atoms with Crippen molar-refractivity contribution < 1.29 is 19.1 Å². The molecule has 2 saturated heterocycles. The van der Waals surface area contributed by atoms with E-state index in [2.05, 4.69) is 44.5 Å². The van der Waals surface area contributed by atoms with E-state index < -0.39 is 5.92 Å². The second kappa shape index (κ2) is 15.0. The van der Waals surface area contributed by atoms with Crippen molar-refractivity contribution in [3.05, 3.63) is 64.6 Å². The molecule has 2 N–H and O–H groups in total. The maximum atomic E-state index is 12.6. The lowest BCUT2D eigenvalue weighted by Crippen LogP contribution is -2.48. The van der Waals surface area contributed by atoms with Crippen molar-refractivity contribution in [3.63, 3.8) is 0 Å². The summed E-state index contributed by atoms with van der Waals surface area (Å²) in [6, 6.07) is 12.5. The summed E-state index contributed by atoms with van der Waals surface area (Å²) in [6.07, 6.45) is 6.60. The Bertz CT molecular complexity index is 1990. The highest BCUT2D eigenvalue weighted by Crippen LogP contribution is 2.35. The lowest BCUT2D eigenvalue weighted by atomic mass is 9.92. The maximum Gasteiger partial charge on any atom is 0.235 e. The Hall–Kier alpha value is -5.17. The zero-order valence-electron chi connectivity index (χ0n) is 29.8. The first-order valence-corrected chi connectivity index (χ1v) is 17.6. The van der Waals surface area contributed by atoms with Gasteiger partial charge in [0, 0.05) is 81.3 Å². The Morgan fingerprint density at radius 1 is 1.16 bits per heavy atom. The molecule has 2 aliphatic heterocycles. The van der Waals surface area contributed by atoms with E-state index >= 15 is 0 Å². The first-order chi connectivity index (χ1) is 24.5. The third kappa shape index (κ3) is 7.48. The number of ether oxygens (including phenoxy) is 1. The number of hydrogen-bond donors (Lipinski definition) is 2. The molecule has 0 spiro atoms. The quantitative estimate of drug-likeness (QED) is 0.0893. The first kappa shape index (κ1) is 35.6. The topological polar surface area (TPSA) is 138 Å². The molecule has 4 aromatic rings. The van der Waals surface area contributed by atoms with Gasteiger partial charge in [-0.2, -0.15) is 10.1 Å². The van der Waals surface area contributed by atoms with E-state index in [-0.39, 0.29) is 29.7 Å². The summed E-state index contributed by atoms with van der Waals surface area (Å²) >= 11 is 6.59. The van der Waals surface area contributed by atoms with Crippen molar-refractivity contribution in [3.8, 4) is 0 Å². The molecule has 0 bridgehead atoms. The van der Waals surface area contributed by atoms with Crippen LogP contribution in [0.4, 0.5) is 28.8 Å². The van der Waals surface area contributed by atoms with Gasteiger partial charge in [-0.25, -0.2) is 4.98 Å². The van der Waals surface area contributed by atoms with Gasteiger partial charge in [-0.05, 0) is 75.6 Å². The van der Waals surface area contributed by atoms with Crippen LogP contribution in [0.3, 0.4) is 0 Å². The fourth-order valence-corrected chi connectivity index (χ4v) is 7.19. The summed E-state index contributed by atoms with van der Waals surface area (Å²) in [4.78, 5) is 51.8. The Kier molecular flexibility index (Phi) is 10.5. The number of rotatable bonds is 11. The summed E-state index contributed by atoms with van der Waals surface area (Å²) in [5.41, 5.74) is 5.24. The van der Waals surface area contributed by atoms with Gasteiger partial charge in [-0.3, -0.25) is 24.4 Å². The second-order valence-corrected chi connectivity index (χ2v) is 13.7. The minimum absolute atomic E-state index is 0.196. The number of aromatic nitrogens is 4. The molecule has 3 atom stereocenters. The van der Waals surface area contributed by atoms with E-state index in [4.69, 9.17) is 26.4 Å². The molecule has 0 aliphatic carbocycles. The molecule has 3 unspecified atom stereocenters. The molecule has 2 aliphatic rings. The van der Waals surface area contributed by atoms with E-state index in [1.165, 1.54) is 0 Å². The van der Waals surface area contributed by atoms with Gasteiger partial charge in [0.15, 0.2) is 17.9 Å². The van der Waals surface area contributed by atoms with E-state index in [0.29, 0.717) is 48.2 Å². The number of piperidine rings is 2. The normalized spacial score (nSPS) is 19.5. The molecule has 4 heterocycles. The molecule has 2 amide bonds. The van der Waals surface area contributed by atoms with Crippen LogP contribution >= 0.6 is 11.6 Å². The molecular formula is C37H44ClN9O4. The highest BCUT2D eigenvalue weighted by atomic mass is 35.5. The standard InChI is InChI=1S/C37H44ClN9O4/c1-7-51-27(21-48)18-23-17-24(8-12-31(23)44(3)4)40-35-30(38)20-39-37(42-35)45(5)25-14-15-47(22(2)16-25)26-9-10-28-32(19-26)46(6)43-34(28)29-11-13-33(49)41-36(29)50/h8-10,12,17-22,25,29H,7,11,13-16H2,1-6H3,(H,39,40,42)(H,41,49,50)/b27-18+. The van der Waals surface area contributed by atoms with Crippen LogP contribution < -0.4 is 25.3 Å². The Morgan fingerprint density at radius 2 is 1.96 bits per heavy atom. The van der Waals surface area contributed by atoms with E-state index in [0.717, 1.165) is 52.9 Å². The van der Waals surface area contributed by atoms with E-state index in [1.54, 1.807) is 12.3 Å². The molecule has 14 heteroatoms. The minimum atomic E-state index is -0.436. The molecule has 0 saturated carbocycles. The summed E-state index contributed by atoms with van der Waals surface area (Å²) < 4.78 is 7.30. The maximum absolute atomic E-state index is 12.6. The number of carbonyl (C=O) groups is 3. The van der Waals surface area contributed by atoms with Gasteiger partial charge in [-0.1, -0.05) is 11.6 Å². The number of nitrogens with zero attached hydrogens (tertiary/aromatic N) is 7. The number of fused-ring (bicyclic) bond motifs is 1. The minimum Gasteiger partial charge on any atom is -0.490 e. The number of hydrogen-bond acceptors (Lipinski definition) is 11. The Labute approximate surface area is 302 Å². The zero-order valence-corrected chi connectivity index (χ0v) is 30.6. The summed E-state index contributed by atoms with van der Waals surface area (Å²) in [5, 5.41) is 11.8. The monoisotopic (exact) mass is 713 g/mol. The number of allylic oxidation sites excluding steroid dienone is 1. The van der Waals surface area contributed by atoms with Crippen molar-refractivity contribution >= 4 is 75.5 Å². The fraction of sp³-hybridized carbons (Fsp3) is 0.405. The number of nitrogens with one attached hydrogen (secondary N) is 2. The molecule has 2 fully saturated rings. The van der Waals surface area contributed by atoms with Gasteiger partial charge in [0.2, 0.25) is 17.8 Å². The van der Waals surface area contributed by atoms with Crippen molar-refractivity contribution in [2.75, 3.05) is 54.3 Å². The lowest BCUT2D eigenvalue weighted by Gasteiger charge is -2.42. The second-order valence-electron chi connectivity index (χ2n) is 13.3. The number of imide groups is 1. The fourth-order valence-electron chi connectivity index (χ4n) is 7.05. The predicted molar refractivity (Wildman–Crippen MR) is 201 cm³/mol. The number of aryl methyl sites for hydroxylation is 1. The molecular weight excluding hydrogens is 670 g/mol. The van der Waals surface area contributed by atoms with Crippen LogP contribution in [0.2, 0.25) is 5.02 Å². The lowest BCUT2D eigenvalue weighted by molar-refractivity contribution is -0.134. The molecule has 13 nitrogen and oxygen atoms in total. The number of anilines is 5. The van der Waals surface area contributed by atoms with Gasteiger partial charge >= 0.3 is 0 Å². The predicted octanol–water partition coefficient (Wildman–Crippen LogP) is 5.42. The molecule has 268 valence electrons. The number of aldehydes is 1. The number of carbonyl (C=O) groups excluding carboxylic acids is 3. The average molecular weight is 714 g/mol.